The summed E-state index contributed by atoms with van der Waals surface area (Å²) in [6.07, 6.45) is 0. The summed E-state index contributed by atoms with van der Waals surface area (Å²) in [7, 11) is 0. The Morgan fingerprint density at radius 3 is 2.12 bits per heavy atom. The molecule has 1 saturated heterocycles. The lowest BCUT2D eigenvalue weighted by atomic mass is 9.92. The number of amides is 3. The Morgan fingerprint density at radius 1 is 1.12 bits per heavy atom. The number of imide groups is 1. The van der Waals surface area contributed by atoms with Gasteiger partial charge in [-0.05, 0) is 12.5 Å². The van der Waals surface area contributed by atoms with Gasteiger partial charge in [0.25, 0.3) is 5.91 Å². The zero-order valence-electron chi connectivity index (χ0n) is 8.35. The van der Waals surface area contributed by atoms with Crippen LogP contribution >= 0.6 is 23.6 Å². The summed E-state index contributed by atoms with van der Waals surface area (Å²) >= 11 is 11.4. The molecule has 0 aromatic heterocycles. The molecule has 3 amide bonds. The number of benzene rings is 1. The molecule has 1 unspecified atom stereocenters. The largest absolute Gasteiger partial charge is 0.357 e. The Morgan fingerprint density at radius 2 is 1.69 bits per heavy atom. The minimum Gasteiger partial charge on any atom is -0.270 e. The van der Waals surface area contributed by atoms with Crippen LogP contribution in [0.25, 0.3) is 0 Å². The normalized spacial score (nSPS) is 25.4. The molecule has 1 aromatic carbocycles. The number of urea groups is 1. The van der Waals surface area contributed by atoms with E-state index in [9.17, 15) is 9.59 Å². The number of rotatable bonds is 1. The summed E-state index contributed by atoms with van der Waals surface area (Å²) in [4.78, 5) is 23.4. The number of hydrogen-bond donors (Lipinski definition) is 0. The van der Waals surface area contributed by atoms with Crippen molar-refractivity contribution in [1.82, 2.24) is 8.84 Å². The van der Waals surface area contributed by atoms with Crippen LogP contribution in [-0.2, 0) is 10.3 Å². The predicted molar refractivity (Wildman–Crippen MR) is 59.6 cm³/mol. The molecular formula is C10H8Cl2N2O2. The van der Waals surface area contributed by atoms with Crippen LogP contribution in [0.15, 0.2) is 30.3 Å². The van der Waals surface area contributed by atoms with Crippen LogP contribution in [0.3, 0.4) is 0 Å². The highest BCUT2D eigenvalue weighted by atomic mass is 35.5. The van der Waals surface area contributed by atoms with Gasteiger partial charge in [-0.25, -0.2) is 9.21 Å². The molecule has 0 N–H and O–H groups in total. The number of hydrogen-bond acceptors (Lipinski definition) is 2. The maximum atomic E-state index is 11.9. The maximum absolute atomic E-state index is 11.9. The lowest BCUT2D eigenvalue weighted by Crippen LogP contribution is -2.38. The second kappa shape index (κ2) is 3.64. The molecule has 0 aliphatic carbocycles. The van der Waals surface area contributed by atoms with E-state index in [1.165, 1.54) is 0 Å². The topological polar surface area (TPSA) is 40.6 Å². The van der Waals surface area contributed by atoms with Crippen LogP contribution in [0.2, 0.25) is 0 Å². The van der Waals surface area contributed by atoms with E-state index in [1.807, 2.05) is 6.07 Å². The van der Waals surface area contributed by atoms with Gasteiger partial charge in [-0.1, -0.05) is 30.3 Å². The molecule has 0 saturated carbocycles. The first kappa shape index (κ1) is 11.2. The maximum Gasteiger partial charge on any atom is 0.357 e. The molecule has 1 heterocycles. The summed E-state index contributed by atoms with van der Waals surface area (Å²) in [6.45, 7) is 1.55. The van der Waals surface area contributed by atoms with Crippen molar-refractivity contribution in [3.05, 3.63) is 35.9 Å². The predicted octanol–water partition coefficient (Wildman–Crippen LogP) is 2.47. The summed E-state index contributed by atoms with van der Waals surface area (Å²) < 4.78 is 1.32. The zero-order valence-corrected chi connectivity index (χ0v) is 9.87. The third kappa shape index (κ3) is 1.30. The van der Waals surface area contributed by atoms with E-state index in [-0.39, 0.29) is 0 Å². The summed E-state index contributed by atoms with van der Waals surface area (Å²) in [5, 5.41) is 0. The quantitative estimate of drug-likeness (QED) is 0.574. The van der Waals surface area contributed by atoms with Crippen LogP contribution in [0.5, 0.6) is 0 Å². The average molecular weight is 259 g/mol. The van der Waals surface area contributed by atoms with E-state index in [1.54, 1.807) is 31.2 Å². The number of carbonyl (C=O) groups excluding carboxylic acids is 2. The molecule has 0 radical (unpaired) electrons. The second-order valence-corrected chi connectivity index (χ2v) is 4.26. The third-order valence-corrected chi connectivity index (χ3v) is 3.44. The molecule has 0 spiro atoms. The highest BCUT2D eigenvalue weighted by Crippen LogP contribution is 2.39. The monoisotopic (exact) mass is 258 g/mol. The first-order valence-corrected chi connectivity index (χ1v) is 5.23. The number of halogens is 2. The lowest BCUT2D eigenvalue weighted by Gasteiger charge is -2.25. The van der Waals surface area contributed by atoms with E-state index in [0.29, 0.717) is 9.98 Å². The smallest absolute Gasteiger partial charge is 0.270 e. The van der Waals surface area contributed by atoms with Gasteiger partial charge < -0.3 is 0 Å². The summed E-state index contributed by atoms with van der Waals surface area (Å²) in [5.41, 5.74) is -0.631. The minimum atomic E-state index is -1.25. The van der Waals surface area contributed by atoms with Gasteiger partial charge in [0.2, 0.25) is 0 Å². The van der Waals surface area contributed by atoms with Gasteiger partial charge in [0, 0.05) is 23.6 Å². The van der Waals surface area contributed by atoms with E-state index in [2.05, 4.69) is 0 Å². The number of nitrogens with zero attached hydrogens (tertiary/aromatic N) is 2. The summed E-state index contributed by atoms with van der Waals surface area (Å²) in [6, 6.07) is 8.04. The molecule has 0 bridgehead atoms. The molecular weight excluding hydrogens is 251 g/mol. The Hall–Kier alpha value is -1.26. The molecule has 2 rings (SSSR count). The first-order chi connectivity index (χ1) is 7.49. The molecule has 6 heteroatoms. The Labute approximate surface area is 103 Å². The lowest BCUT2D eigenvalue weighted by molar-refractivity contribution is -0.128. The molecule has 1 aromatic rings. The molecule has 16 heavy (non-hydrogen) atoms. The highest BCUT2D eigenvalue weighted by molar-refractivity contribution is 6.39. The molecule has 1 fully saturated rings. The fourth-order valence-corrected chi connectivity index (χ4v) is 2.15. The van der Waals surface area contributed by atoms with Crippen LogP contribution in [0.1, 0.15) is 12.5 Å². The third-order valence-electron chi connectivity index (χ3n) is 2.66. The van der Waals surface area contributed by atoms with Crippen molar-refractivity contribution in [2.45, 2.75) is 12.5 Å². The second-order valence-electron chi connectivity index (χ2n) is 3.59. The van der Waals surface area contributed by atoms with E-state index >= 15 is 0 Å². The van der Waals surface area contributed by atoms with Crippen LogP contribution in [0, 0.1) is 0 Å². The Kier molecular flexibility index (Phi) is 2.56. The van der Waals surface area contributed by atoms with Gasteiger partial charge >= 0.3 is 6.03 Å². The van der Waals surface area contributed by atoms with Gasteiger partial charge in [-0.2, -0.15) is 4.42 Å². The van der Waals surface area contributed by atoms with Crippen LogP contribution < -0.4 is 0 Å². The molecule has 1 aliphatic rings. The molecule has 1 atom stereocenters. The fraction of sp³-hybridized carbons (Fsp3) is 0.200. The van der Waals surface area contributed by atoms with Gasteiger partial charge in [0.05, 0.1) is 0 Å². The van der Waals surface area contributed by atoms with Gasteiger partial charge in [-0.3, -0.25) is 4.79 Å². The van der Waals surface area contributed by atoms with Crippen molar-refractivity contribution < 1.29 is 9.59 Å². The van der Waals surface area contributed by atoms with Crippen LogP contribution in [-0.4, -0.2) is 20.8 Å². The van der Waals surface area contributed by atoms with Crippen molar-refractivity contribution in [2.75, 3.05) is 0 Å². The Bertz CT molecular complexity index is 451. The van der Waals surface area contributed by atoms with E-state index in [4.69, 9.17) is 23.6 Å². The summed E-state index contributed by atoms with van der Waals surface area (Å²) in [5.74, 6) is -0.555. The van der Waals surface area contributed by atoms with Crippen molar-refractivity contribution in [3.63, 3.8) is 0 Å². The van der Waals surface area contributed by atoms with Gasteiger partial charge in [0.1, 0.15) is 0 Å². The minimum absolute atomic E-state index is 0.500. The fourth-order valence-electron chi connectivity index (χ4n) is 1.63. The average Bonchev–Trinajstić information content (AvgIpc) is 2.47. The van der Waals surface area contributed by atoms with Crippen molar-refractivity contribution in [1.29, 1.82) is 0 Å². The van der Waals surface area contributed by atoms with Crippen molar-refractivity contribution in [3.8, 4) is 0 Å². The van der Waals surface area contributed by atoms with Crippen LogP contribution in [0.4, 0.5) is 4.79 Å². The molecule has 4 nitrogen and oxygen atoms in total. The van der Waals surface area contributed by atoms with Crippen molar-refractivity contribution >= 4 is 35.5 Å². The first-order valence-electron chi connectivity index (χ1n) is 4.55. The van der Waals surface area contributed by atoms with Crippen molar-refractivity contribution in [2.24, 2.45) is 0 Å². The molecule has 1 aliphatic heterocycles. The zero-order chi connectivity index (χ0) is 11.9. The Balaban J connectivity index is 2.54. The SMILES string of the molecule is CC1(c2ccccc2)C(=O)N(Cl)C(=O)N1Cl. The van der Waals surface area contributed by atoms with Gasteiger partial charge in [-0.15, -0.1) is 0 Å². The van der Waals surface area contributed by atoms with E-state index in [0.717, 1.165) is 4.42 Å². The van der Waals surface area contributed by atoms with E-state index < -0.39 is 17.5 Å². The molecule has 84 valence electrons. The van der Waals surface area contributed by atoms with Gasteiger partial charge in [0.15, 0.2) is 5.54 Å². The number of carbonyl (C=O) groups is 2. The standard InChI is InChI=1S/C10H8Cl2N2O2/c1-10(7-5-3-2-4-6-7)8(15)13(11)9(16)14(10)12/h2-6H,1H3. The highest BCUT2D eigenvalue weighted by Gasteiger charge is 2.55.